The van der Waals surface area contributed by atoms with Crippen LogP contribution in [0.3, 0.4) is 0 Å². The number of nitrogens with zero attached hydrogens (tertiary/aromatic N) is 2. The first-order chi connectivity index (χ1) is 9.05. The Bertz CT molecular complexity index is 606. The molecule has 1 aromatic rings. The average Bonchev–Trinajstić information content (AvgIpc) is 2.39. The van der Waals surface area contributed by atoms with Crippen molar-refractivity contribution in [1.29, 1.82) is 0 Å². The lowest BCUT2D eigenvalue weighted by Crippen LogP contribution is -2.42. The number of carbonyl (C=O) groups excluding carboxylic acids is 1. The molecule has 0 aromatic heterocycles. The zero-order valence-electron chi connectivity index (χ0n) is 10.7. The van der Waals surface area contributed by atoms with Gasteiger partial charge >= 0.3 is 0 Å². The summed E-state index contributed by atoms with van der Waals surface area (Å²) in [6, 6.07) is 6.75. The van der Waals surface area contributed by atoms with E-state index in [9.17, 15) is 13.2 Å². The maximum atomic E-state index is 12.6. The van der Waals surface area contributed by atoms with Gasteiger partial charge < -0.3 is 0 Å². The molecule has 1 aromatic carbocycles. The van der Waals surface area contributed by atoms with Crippen LogP contribution in [0.1, 0.15) is 24.8 Å². The summed E-state index contributed by atoms with van der Waals surface area (Å²) in [4.78, 5) is 14.3. The van der Waals surface area contributed by atoms with Crippen molar-refractivity contribution in [3.8, 4) is 0 Å². The van der Waals surface area contributed by atoms with Gasteiger partial charge in [0.05, 0.1) is 4.90 Å². The Morgan fingerprint density at radius 3 is 2.84 bits per heavy atom. The van der Waals surface area contributed by atoms with Crippen LogP contribution in [0.5, 0.6) is 0 Å². The van der Waals surface area contributed by atoms with Gasteiger partial charge in [-0.15, -0.1) is 0 Å². The van der Waals surface area contributed by atoms with Gasteiger partial charge in [-0.2, -0.15) is 9.30 Å². The Morgan fingerprint density at radius 1 is 1.37 bits per heavy atom. The molecule has 1 aliphatic heterocycles. The molecule has 1 atom stereocenters. The predicted molar refractivity (Wildman–Crippen MR) is 70.8 cm³/mol. The van der Waals surface area contributed by atoms with Crippen molar-refractivity contribution in [3.05, 3.63) is 29.8 Å². The van der Waals surface area contributed by atoms with E-state index in [4.69, 9.17) is 0 Å². The van der Waals surface area contributed by atoms with Crippen molar-refractivity contribution in [2.45, 2.75) is 37.2 Å². The first-order valence-corrected chi connectivity index (χ1v) is 7.65. The third kappa shape index (κ3) is 2.92. The smallest absolute Gasteiger partial charge is 0.211 e. The summed E-state index contributed by atoms with van der Waals surface area (Å²) >= 11 is 0. The van der Waals surface area contributed by atoms with Crippen LogP contribution in [0.4, 0.5) is 0 Å². The molecule has 0 saturated carbocycles. The van der Waals surface area contributed by atoms with E-state index in [0.29, 0.717) is 13.0 Å². The van der Waals surface area contributed by atoms with Crippen LogP contribution in [-0.4, -0.2) is 31.5 Å². The lowest BCUT2D eigenvalue weighted by molar-refractivity contribution is 0.259. The fraction of sp³-hybridized carbons (Fsp3) is 0.462. The van der Waals surface area contributed by atoms with Crippen molar-refractivity contribution in [1.82, 2.24) is 4.31 Å². The highest BCUT2D eigenvalue weighted by atomic mass is 32.2. The number of aliphatic imine (C=N–C) groups is 1. The van der Waals surface area contributed by atoms with Gasteiger partial charge in [0.25, 0.3) is 0 Å². The third-order valence-electron chi connectivity index (χ3n) is 3.22. The molecular weight excluding hydrogens is 264 g/mol. The molecule has 0 N–H and O–H groups in total. The van der Waals surface area contributed by atoms with Gasteiger partial charge in [-0.25, -0.2) is 13.2 Å². The summed E-state index contributed by atoms with van der Waals surface area (Å²) in [7, 11) is -3.60. The topological polar surface area (TPSA) is 66.8 Å². The molecule has 0 spiro atoms. The Balaban J connectivity index is 2.39. The van der Waals surface area contributed by atoms with Crippen LogP contribution in [0.25, 0.3) is 0 Å². The number of hydrogen-bond donors (Lipinski definition) is 0. The number of piperidine rings is 1. The molecular formula is C13H16N2O3S. The molecule has 6 heteroatoms. The maximum absolute atomic E-state index is 12.6. The van der Waals surface area contributed by atoms with Gasteiger partial charge in [-0.3, -0.25) is 0 Å². The minimum absolute atomic E-state index is 0.250. The zero-order chi connectivity index (χ0) is 13.9. The second-order valence-corrected chi connectivity index (χ2v) is 6.52. The molecule has 0 aliphatic carbocycles. The van der Waals surface area contributed by atoms with Crippen molar-refractivity contribution in [3.63, 3.8) is 0 Å². The normalized spacial score (nSPS) is 20.8. The fourth-order valence-electron chi connectivity index (χ4n) is 2.27. The molecule has 1 heterocycles. The summed E-state index contributed by atoms with van der Waals surface area (Å²) in [6.07, 6.45) is 3.09. The van der Waals surface area contributed by atoms with Gasteiger partial charge in [0.15, 0.2) is 0 Å². The Kier molecular flexibility index (Phi) is 4.14. The minimum Gasteiger partial charge on any atom is -0.211 e. The van der Waals surface area contributed by atoms with Crippen LogP contribution in [0, 0.1) is 6.92 Å². The highest BCUT2D eigenvalue weighted by molar-refractivity contribution is 7.89. The Labute approximate surface area is 113 Å². The summed E-state index contributed by atoms with van der Waals surface area (Å²) in [5.41, 5.74) is 0.883. The largest absolute Gasteiger partial charge is 0.244 e. The van der Waals surface area contributed by atoms with Gasteiger partial charge in [-0.05, 0) is 43.9 Å². The van der Waals surface area contributed by atoms with E-state index in [1.807, 2.05) is 13.0 Å². The number of benzene rings is 1. The molecule has 1 unspecified atom stereocenters. The van der Waals surface area contributed by atoms with Crippen LogP contribution < -0.4 is 0 Å². The van der Waals surface area contributed by atoms with E-state index in [2.05, 4.69) is 4.99 Å². The van der Waals surface area contributed by atoms with E-state index in [1.165, 1.54) is 10.4 Å². The van der Waals surface area contributed by atoms with Gasteiger partial charge in [0.1, 0.15) is 6.17 Å². The zero-order valence-corrected chi connectivity index (χ0v) is 11.6. The van der Waals surface area contributed by atoms with E-state index in [1.54, 1.807) is 18.2 Å². The van der Waals surface area contributed by atoms with Gasteiger partial charge in [0, 0.05) is 6.54 Å². The minimum atomic E-state index is -3.60. The van der Waals surface area contributed by atoms with Gasteiger partial charge in [0.2, 0.25) is 16.1 Å². The average molecular weight is 280 g/mol. The van der Waals surface area contributed by atoms with Crippen molar-refractivity contribution in [2.24, 2.45) is 4.99 Å². The van der Waals surface area contributed by atoms with Crippen molar-refractivity contribution < 1.29 is 13.2 Å². The number of rotatable bonds is 3. The van der Waals surface area contributed by atoms with Crippen molar-refractivity contribution in [2.75, 3.05) is 6.54 Å². The molecule has 0 amide bonds. The molecule has 0 bridgehead atoms. The van der Waals surface area contributed by atoms with Crippen LogP contribution in [0.2, 0.25) is 0 Å². The molecule has 1 saturated heterocycles. The van der Waals surface area contributed by atoms with Gasteiger partial charge in [-0.1, -0.05) is 12.1 Å². The second kappa shape index (κ2) is 5.65. The molecule has 1 aliphatic rings. The SMILES string of the molecule is Cc1cccc(S(=O)(=O)N2CCCCC2N=C=O)c1. The Morgan fingerprint density at radius 2 is 2.16 bits per heavy atom. The lowest BCUT2D eigenvalue weighted by Gasteiger charge is -2.31. The number of aryl methyl sites for hydroxylation is 1. The first-order valence-electron chi connectivity index (χ1n) is 6.21. The molecule has 5 nitrogen and oxygen atoms in total. The molecule has 0 radical (unpaired) electrons. The number of hydrogen-bond acceptors (Lipinski definition) is 4. The predicted octanol–water partition coefficient (Wildman–Crippen LogP) is 1.83. The summed E-state index contributed by atoms with van der Waals surface area (Å²) < 4.78 is 26.4. The van der Waals surface area contributed by atoms with Crippen LogP contribution in [-0.2, 0) is 14.8 Å². The molecule has 19 heavy (non-hydrogen) atoms. The van der Waals surface area contributed by atoms with Crippen molar-refractivity contribution >= 4 is 16.1 Å². The fourth-order valence-corrected chi connectivity index (χ4v) is 3.97. The monoisotopic (exact) mass is 280 g/mol. The first kappa shape index (κ1) is 13.9. The maximum Gasteiger partial charge on any atom is 0.244 e. The lowest BCUT2D eigenvalue weighted by atomic mass is 10.1. The van der Waals surface area contributed by atoms with E-state index < -0.39 is 16.2 Å². The number of sulfonamides is 1. The van der Waals surface area contributed by atoms with E-state index >= 15 is 0 Å². The third-order valence-corrected chi connectivity index (χ3v) is 5.11. The quantitative estimate of drug-likeness (QED) is 0.626. The highest BCUT2D eigenvalue weighted by Crippen LogP contribution is 2.26. The second-order valence-electron chi connectivity index (χ2n) is 4.63. The number of isocyanates is 1. The van der Waals surface area contributed by atoms with E-state index in [-0.39, 0.29) is 4.90 Å². The van der Waals surface area contributed by atoms with Crippen LogP contribution in [0.15, 0.2) is 34.2 Å². The Hall–Kier alpha value is -1.49. The summed E-state index contributed by atoms with van der Waals surface area (Å²) in [5.74, 6) is 0. The standard InChI is InChI=1S/C13H16N2O3S/c1-11-5-4-6-12(9-11)19(17,18)15-8-3-2-7-13(15)14-10-16/h4-6,9,13H,2-3,7-8H2,1H3. The summed E-state index contributed by atoms with van der Waals surface area (Å²) in [5, 5.41) is 0. The molecule has 2 rings (SSSR count). The summed E-state index contributed by atoms with van der Waals surface area (Å²) in [6.45, 7) is 2.24. The molecule has 102 valence electrons. The van der Waals surface area contributed by atoms with Crippen LogP contribution >= 0.6 is 0 Å². The molecule has 1 fully saturated rings. The highest BCUT2D eigenvalue weighted by Gasteiger charge is 2.33. The van der Waals surface area contributed by atoms with E-state index in [0.717, 1.165) is 18.4 Å².